The highest BCUT2D eigenvalue weighted by atomic mass is 35.5. The van der Waals surface area contributed by atoms with Gasteiger partial charge in [-0.3, -0.25) is 4.99 Å². The molecule has 162 valence electrons. The number of benzene rings is 2. The average Bonchev–Trinajstić information content (AvgIpc) is 3.10. The minimum atomic E-state index is -0.701. The van der Waals surface area contributed by atoms with Crippen LogP contribution in [0, 0.1) is 5.92 Å². The van der Waals surface area contributed by atoms with Crippen molar-refractivity contribution in [1.29, 1.82) is 0 Å². The van der Waals surface area contributed by atoms with Crippen LogP contribution in [0.25, 0.3) is 0 Å². The highest BCUT2D eigenvalue weighted by Gasteiger charge is 2.52. The quantitative estimate of drug-likeness (QED) is 0.452. The first-order valence-corrected chi connectivity index (χ1v) is 11.1. The molecule has 2 aromatic rings. The molecule has 0 amide bonds. The Morgan fingerprint density at radius 3 is 2.78 bits per heavy atom. The Morgan fingerprint density at radius 1 is 1.19 bits per heavy atom. The predicted octanol–water partition coefficient (Wildman–Crippen LogP) is 5.48. The maximum absolute atomic E-state index is 10.6. The van der Waals surface area contributed by atoms with Crippen LogP contribution in [0.5, 0.6) is 5.75 Å². The number of allylic oxidation sites excluding steroid dienone is 2. The summed E-state index contributed by atoms with van der Waals surface area (Å²) in [7, 11) is 0. The van der Waals surface area contributed by atoms with Gasteiger partial charge >= 0.3 is 0 Å². The lowest BCUT2D eigenvalue weighted by Crippen LogP contribution is -2.44. The minimum absolute atomic E-state index is 0.0582. The number of rotatable bonds is 7. The fourth-order valence-corrected chi connectivity index (χ4v) is 4.89. The van der Waals surface area contributed by atoms with Gasteiger partial charge in [0.25, 0.3) is 5.84 Å². The van der Waals surface area contributed by atoms with E-state index in [0.717, 1.165) is 28.3 Å². The highest BCUT2D eigenvalue weighted by molar-refractivity contribution is 6.20. The molecule has 1 fully saturated rings. The largest absolute Gasteiger partial charge is 0.489 e. The number of halogens is 1. The molecule has 6 heteroatoms. The lowest BCUT2D eigenvalue weighted by atomic mass is 9.67. The molecule has 5 nitrogen and oxygen atoms in total. The molecule has 2 aromatic carbocycles. The third-order valence-corrected chi connectivity index (χ3v) is 6.66. The van der Waals surface area contributed by atoms with Crippen molar-refractivity contribution in [2.24, 2.45) is 15.9 Å². The number of hydrogen-bond donors (Lipinski definition) is 1. The second-order valence-corrected chi connectivity index (χ2v) is 9.08. The van der Waals surface area contributed by atoms with Crippen molar-refractivity contribution in [3.63, 3.8) is 0 Å². The van der Waals surface area contributed by atoms with Gasteiger partial charge in [0.2, 0.25) is 5.70 Å². The van der Waals surface area contributed by atoms with Crippen molar-refractivity contribution < 1.29 is 13.8 Å². The molecule has 1 atom stereocenters. The van der Waals surface area contributed by atoms with Crippen molar-refractivity contribution in [2.75, 3.05) is 0 Å². The van der Waals surface area contributed by atoms with E-state index in [9.17, 15) is 5.11 Å². The lowest BCUT2D eigenvalue weighted by Gasteiger charge is -2.42. The number of quaternary nitrogens is 1. The Kier molecular flexibility index (Phi) is 5.33. The third-order valence-electron chi connectivity index (χ3n) is 6.21. The number of hydrogen-bond acceptors (Lipinski definition) is 4. The van der Waals surface area contributed by atoms with E-state index in [-0.39, 0.29) is 9.92 Å². The molecule has 0 spiro atoms. The second kappa shape index (κ2) is 8.17. The number of nitrogens with zero attached hydrogens (tertiary/aromatic N) is 3. The standard InChI is InChI=1S/C26H25ClN3O2/c1-2-11-26(31)15-21(16-26)24-23-17-28-12-13-30(23,27)25(29-24)20-9-6-10-22(14-20)32-18-19-7-4-3-5-8-19/h2-10,12-14,17,21,31H,1,11,15-16,18H2/q+1. The van der Waals surface area contributed by atoms with Crippen molar-refractivity contribution in [2.45, 2.75) is 31.5 Å². The molecule has 0 bridgehead atoms. The van der Waals surface area contributed by atoms with Gasteiger partial charge in [-0.25, -0.2) is 0 Å². The Morgan fingerprint density at radius 2 is 2.00 bits per heavy atom. The average molecular weight is 447 g/mol. The zero-order valence-electron chi connectivity index (χ0n) is 17.7. The number of aliphatic hydroxyl groups is 1. The number of amidine groups is 1. The molecule has 5 rings (SSSR count). The maximum atomic E-state index is 10.6. The van der Waals surface area contributed by atoms with Crippen LogP contribution in [0.2, 0.25) is 0 Å². The van der Waals surface area contributed by atoms with Crippen LogP contribution in [-0.4, -0.2) is 26.8 Å². The molecule has 0 saturated heterocycles. The van der Waals surface area contributed by atoms with Gasteiger partial charge in [0.15, 0.2) is 11.8 Å². The topological polar surface area (TPSA) is 54.2 Å². The fourth-order valence-electron chi connectivity index (χ4n) is 4.57. The fraction of sp³-hybridized carbons (Fsp3) is 0.231. The molecule has 1 N–H and O–H groups in total. The first-order valence-electron chi connectivity index (χ1n) is 10.7. The van der Waals surface area contributed by atoms with Gasteiger partial charge in [0.1, 0.15) is 24.3 Å². The summed E-state index contributed by atoms with van der Waals surface area (Å²) in [6.45, 7) is 4.24. The van der Waals surface area contributed by atoms with Gasteiger partial charge in [-0.2, -0.15) is 4.99 Å². The summed E-state index contributed by atoms with van der Waals surface area (Å²) in [5.74, 6) is 1.61. The maximum Gasteiger partial charge on any atom is 0.263 e. The van der Waals surface area contributed by atoms with Gasteiger partial charge < -0.3 is 9.84 Å². The highest BCUT2D eigenvalue weighted by Crippen LogP contribution is 2.50. The molecule has 1 saturated carbocycles. The molecular formula is C26H25ClN3O2+. The van der Waals surface area contributed by atoms with Gasteiger partial charge in [-0.1, -0.05) is 42.5 Å². The van der Waals surface area contributed by atoms with Crippen LogP contribution in [-0.2, 0) is 6.61 Å². The molecule has 3 aliphatic rings. The lowest BCUT2D eigenvalue weighted by molar-refractivity contribution is -0.600. The van der Waals surface area contributed by atoms with Crippen molar-refractivity contribution in [3.05, 3.63) is 102 Å². The van der Waals surface area contributed by atoms with E-state index in [0.29, 0.717) is 31.7 Å². The van der Waals surface area contributed by atoms with Crippen molar-refractivity contribution in [1.82, 2.24) is 0 Å². The van der Waals surface area contributed by atoms with E-state index in [1.807, 2.05) is 60.8 Å². The van der Waals surface area contributed by atoms with Gasteiger partial charge in [-0.15, -0.1) is 10.6 Å². The molecule has 32 heavy (non-hydrogen) atoms. The SMILES string of the molecule is C=CCC1(O)CC(C2=C3C=NC=C[N+]3(Cl)C(c3cccc(OCc4ccccc4)c3)=N2)C1. The van der Waals surface area contributed by atoms with Crippen LogP contribution in [0.1, 0.15) is 30.4 Å². The summed E-state index contributed by atoms with van der Waals surface area (Å²) in [5.41, 5.74) is 3.03. The van der Waals surface area contributed by atoms with Gasteiger partial charge in [-0.05, 0) is 43.0 Å². The summed E-state index contributed by atoms with van der Waals surface area (Å²) in [4.78, 5) is 9.28. The van der Waals surface area contributed by atoms with Crippen LogP contribution in [0.15, 0.2) is 101 Å². The predicted molar refractivity (Wildman–Crippen MR) is 127 cm³/mol. The van der Waals surface area contributed by atoms with E-state index in [1.165, 1.54) is 0 Å². The molecule has 0 aromatic heterocycles. The minimum Gasteiger partial charge on any atom is -0.489 e. The number of ether oxygens (including phenoxy) is 1. The molecule has 2 heterocycles. The summed E-state index contributed by atoms with van der Waals surface area (Å²) in [6.07, 6.45) is 8.93. The van der Waals surface area contributed by atoms with E-state index < -0.39 is 5.60 Å². The summed E-state index contributed by atoms with van der Waals surface area (Å²) < 4.78 is 5.96. The number of aliphatic imine (C=N–C) groups is 2. The third kappa shape index (κ3) is 3.73. The zero-order valence-corrected chi connectivity index (χ0v) is 18.4. The summed E-state index contributed by atoms with van der Waals surface area (Å²) >= 11 is 7.10. The van der Waals surface area contributed by atoms with Crippen LogP contribution < -0.4 is 4.74 Å². The van der Waals surface area contributed by atoms with E-state index in [1.54, 1.807) is 18.5 Å². The smallest absolute Gasteiger partial charge is 0.263 e. The number of fused-ring (bicyclic) bond motifs is 1. The Bertz CT molecular complexity index is 1160. The van der Waals surface area contributed by atoms with Crippen molar-refractivity contribution in [3.8, 4) is 5.75 Å². The van der Waals surface area contributed by atoms with Crippen LogP contribution >= 0.6 is 11.8 Å². The summed E-state index contributed by atoms with van der Waals surface area (Å²) in [6, 6.07) is 17.9. The molecule has 2 aliphatic heterocycles. The van der Waals surface area contributed by atoms with E-state index >= 15 is 0 Å². The van der Waals surface area contributed by atoms with E-state index in [2.05, 4.69) is 11.6 Å². The zero-order chi connectivity index (χ0) is 22.2. The first-order chi connectivity index (χ1) is 15.5. The molecule has 0 radical (unpaired) electrons. The van der Waals surface area contributed by atoms with Crippen LogP contribution in [0.4, 0.5) is 0 Å². The Labute approximate surface area is 193 Å². The Hall–Kier alpha value is -2.99. The first kappa shape index (κ1) is 20.9. The summed E-state index contributed by atoms with van der Waals surface area (Å²) in [5, 5.41) is 10.6. The van der Waals surface area contributed by atoms with Crippen LogP contribution in [0.3, 0.4) is 0 Å². The van der Waals surface area contributed by atoms with Gasteiger partial charge in [0.05, 0.1) is 23.6 Å². The monoisotopic (exact) mass is 446 g/mol. The normalized spacial score (nSPS) is 28.2. The molecule has 1 unspecified atom stereocenters. The Balaban J connectivity index is 1.42. The van der Waals surface area contributed by atoms with Gasteiger partial charge in [0, 0.05) is 5.92 Å². The van der Waals surface area contributed by atoms with Crippen molar-refractivity contribution >= 4 is 23.8 Å². The van der Waals surface area contributed by atoms with E-state index in [4.69, 9.17) is 21.5 Å². The second-order valence-electron chi connectivity index (χ2n) is 8.54. The molecule has 1 aliphatic carbocycles. The molecular weight excluding hydrogens is 422 g/mol.